The Morgan fingerprint density at radius 2 is 2.27 bits per heavy atom. The Kier molecular flexibility index (Phi) is 2.90. The predicted octanol–water partition coefficient (Wildman–Crippen LogP) is 0.694. The number of esters is 1. The molecule has 1 N–H and O–H groups in total. The molecular formula is C7H11BrO3. The summed E-state index contributed by atoms with van der Waals surface area (Å²) in [5.74, 6) is -0.342. The highest BCUT2D eigenvalue weighted by Crippen LogP contribution is 2.31. The van der Waals surface area contributed by atoms with Gasteiger partial charge in [0.25, 0.3) is 0 Å². The van der Waals surface area contributed by atoms with Crippen molar-refractivity contribution < 1.29 is 14.6 Å². The van der Waals surface area contributed by atoms with E-state index in [1.807, 2.05) is 0 Å². The van der Waals surface area contributed by atoms with Crippen molar-refractivity contribution >= 4 is 21.9 Å². The number of carbonyl (C=O) groups is 1. The average Bonchev–Trinajstić information content (AvgIpc) is 2.31. The van der Waals surface area contributed by atoms with E-state index in [9.17, 15) is 9.90 Å². The van der Waals surface area contributed by atoms with Crippen molar-refractivity contribution in [3.63, 3.8) is 0 Å². The van der Waals surface area contributed by atoms with Gasteiger partial charge in [-0.05, 0) is 12.8 Å². The van der Waals surface area contributed by atoms with Crippen LogP contribution < -0.4 is 0 Å². The molecule has 64 valence electrons. The first-order valence-electron chi connectivity index (χ1n) is 3.55. The number of carbonyl (C=O) groups excluding carboxylic acids is 1. The van der Waals surface area contributed by atoms with Crippen LogP contribution >= 0.6 is 15.9 Å². The molecule has 0 aromatic rings. The summed E-state index contributed by atoms with van der Waals surface area (Å²) in [6, 6.07) is 0. The van der Waals surface area contributed by atoms with Gasteiger partial charge in [0.15, 0.2) is 0 Å². The number of halogens is 1. The molecule has 0 radical (unpaired) electrons. The summed E-state index contributed by atoms with van der Waals surface area (Å²) in [5, 5.41) is 9.26. The third-order valence-electron chi connectivity index (χ3n) is 1.99. The Hall–Kier alpha value is -0.0900. The summed E-state index contributed by atoms with van der Waals surface area (Å²) in [4.78, 5) is 11.0. The molecule has 0 aromatic heterocycles. The average molecular weight is 223 g/mol. The van der Waals surface area contributed by atoms with Gasteiger partial charge in [-0.2, -0.15) is 0 Å². The number of hydrogen-bond acceptors (Lipinski definition) is 3. The van der Waals surface area contributed by atoms with Crippen molar-refractivity contribution in [2.75, 3.05) is 7.11 Å². The monoisotopic (exact) mass is 222 g/mol. The normalized spacial score (nSPS) is 37.2. The maximum absolute atomic E-state index is 11.0. The van der Waals surface area contributed by atoms with Gasteiger partial charge in [0.05, 0.1) is 19.1 Å². The number of aliphatic hydroxyl groups is 1. The molecule has 0 aliphatic heterocycles. The van der Waals surface area contributed by atoms with Crippen LogP contribution in [0.4, 0.5) is 0 Å². The molecule has 11 heavy (non-hydrogen) atoms. The fourth-order valence-electron chi connectivity index (χ4n) is 1.32. The zero-order valence-electron chi connectivity index (χ0n) is 6.29. The van der Waals surface area contributed by atoms with Gasteiger partial charge in [0.1, 0.15) is 0 Å². The second-order valence-electron chi connectivity index (χ2n) is 2.77. The summed E-state index contributed by atoms with van der Waals surface area (Å²) < 4.78 is 4.56. The van der Waals surface area contributed by atoms with E-state index in [1.165, 1.54) is 7.11 Å². The van der Waals surface area contributed by atoms with E-state index < -0.39 is 6.10 Å². The summed E-state index contributed by atoms with van der Waals surface area (Å²) in [6.45, 7) is 0. The Bertz CT molecular complexity index is 150. The molecule has 1 fully saturated rings. The Labute approximate surface area is 73.9 Å². The number of aliphatic hydroxyl groups excluding tert-OH is 1. The van der Waals surface area contributed by atoms with Crippen molar-refractivity contribution in [2.45, 2.75) is 23.8 Å². The topological polar surface area (TPSA) is 46.5 Å². The van der Waals surface area contributed by atoms with E-state index in [2.05, 4.69) is 20.7 Å². The van der Waals surface area contributed by atoms with Gasteiger partial charge in [-0.3, -0.25) is 4.79 Å². The van der Waals surface area contributed by atoms with Gasteiger partial charge in [0.2, 0.25) is 0 Å². The van der Waals surface area contributed by atoms with Crippen LogP contribution in [-0.2, 0) is 9.53 Å². The van der Waals surface area contributed by atoms with Crippen molar-refractivity contribution in [2.24, 2.45) is 5.92 Å². The van der Waals surface area contributed by atoms with Crippen molar-refractivity contribution in [3.05, 3.63) is 0 Å². The van der Waals surface area contributed by atoms with E-state index in [0.29, 0.717) is 12.8 Å². The van der Waals surface area contributed by atoms with Crippen LogP contribution in [0.25, 0.3) is 0 Å². The molecule has 3 nitrogen and oxygen atoms in total. The first-order chi connectivity index (χ1) is 5.15. The highest BCUT2D eigenvalue weighted by molar-refractivity contribution is 9.09. The lowest BCUT2D eigenvalue weighted by Gasteiger charge is -2.04. The smallest absolute Gasteiger partial charge is 0.308 e. The van der Waals surface area contributed by atoms with Crippen LogP contribution in [-0.4, -0.2) is 29.1 Å². The Balaban J connectivity index is 2.46. The molecule has 0 bridgehead atoms. The minimum atomic E-state index is -0.404. The molecule has 0 spiro atoms. The highest BCUT2D eigenvalue weighted by atomic mass is 79.9. The van der Waals surface area contributed by atoms with Gasteiger partial charge < -0.3 is 9.84 Å². The van der Waals surface area contributed by atoms with E-state index in [-0.39, 0.29) is 16.7 Å². The number of methoxy groups -OCH3 is 1. The maximum atomic E-state index is 11.0. The summed E-state index contributed by atoms with van der Waals surface area (Å²) >= 11 is 3.28. The fraction of sp³-hybridized carbons (Fsp3) is 0.857. The number of hydrogen-bond donors (Lipinski definition) is 1. The zero-order valence-corrected chi connectivity index (χ0v) is 7.87. The molecule has 1 aliphatic rings. The van der Waals surface area contributed by atoms with Gasteiger partial charge in [0, 0.05) is 4.83 Å². The van der Waals surface area contributed by atoms with Crippen molar-refractivity contribution in [1.82, 2.24) is 0 Å². The number of alkyl halides is 1. The molecule has 1 aliphatic carbocycles. The minimum Gasteiger partial charge on any atom is -0.469 e. The SMILES string of the molecule is COC(=O)[C@H]1C[C@@H](O)[C@H](Br)C1. The van der Waals surface area contributed by atoms with Crippen molar-refractivity contribution in [1.29, 1.82) is 0 Å². The summed E-state index contributed by atoms with van der Waals surface area (Å²) in [7, 11) is 1.37. The van der Waals surface area contributed by atoms with Gasteiger partial charge in [-0.25, -0.2) is 0 Å². The lowest BCUT2D eigenvalue weighted by Crippen LogP contribution is -2.13. The van der Waals surface area contributed by atoms with Gasteiger partial charge in [-0.15, -0.1) is 0 Å². The zero-order chi connectivity index (χ0) is 8.43. The van der Waals surface area contributed by atoms with Crippen LogP contribution in [0.1, 0.15) is 12.8 Å². The molecule has 0 amide bonds. The first-order valence-corrected chi connectivity index (χ1v) is 4.46. The molecule has 0 unspecified atom stereocenters. The highest BCUT2D eigenvalue weighted by Gasteiger charge is 2.35. The molecular weight excluding hydrogens is 212 g/mol. The molecule has 0 saturated heterocycles. The molecule has 1 rings (SSSR count). The fourth-order valence-corrected chi connectivity index (χ4v) is 1.99. The molecule has 1 saturated carbocycles. The van der Waals surface area contributed by atoms with Crippen LogP contribution in [0, 0.1) is 5.92 Å². The second-order valence-corrected chi connectivity index (χ2v) is 3.95. The van der Waals surface area contributed by atoms with Crippen LogP contribution in [0.15, 0.2) is 0 Å². The van der Waals surface area contributed by atoms with Crippen molar-refractivity contribution in [3.8, 4) is 0 Å². The largest absolute Gasteiger partial charge is 0.469 e. The Morgan fingerprint density at radius 3 is 2.64 bits per heavy atom. The molecule has 3 atom stereocenters. The van der Waals surface area contributed by atoms with Crippen LogP contribution in [0.3, 0.4) is 0 Å². The van der Waals surface area contributed by atoms with Crippen LogP contribution in [0.5, 0.6) is 0 Å². The molecule has 0 heterocycles. The van der Waals surface area contributed by atoms with E-state index in [1.54, 1.807) is 0 Å². The van der Waals surface area contributed by atoms with E-state index >= 15 is 0 Å². The minimum absolute atomic E-state index is 0.0478. The maximum Gasteiger partial charge on any atom is 0.308 e. The quantitative estimate of drug-likeness (QED) is 0.525. The Morgan fingerprint density at radius 1 is 1.64 bits per heavy atom. The predicted molar refractivity (Wildman–Crippen MR) is 43.5 cm³/mol. The lowest BCUT2D eigenvalue weighted by molar-refractivity contribution is -0.145. The summed E-state index contributed by atoms with van der Waals surface area (Å²) in [5.41, 5.74) is 0. The number of rotatable bonds is 1. The van der Waals surface area contributed by atoms with Gasteiger partial charge in [-0.1, -0.05) is 15.9 Å². The first kappa shape index (κ1) is 9.00. The third-order valence-corrected chi connectivity index (χ3v) is 2.97. The van der Waals surface area contributed by atoms with Crippen LogP contribution in [0.2, 0.25) is 0 Å². The second kappa shape index (κ2) is 3.54. The molecule has 4 heteroatoms. The lowest BCUT2D eigenvalue weighted by atomic mass is 10.1. The standard InChI is InChI=1S/C7H11BrO3/c1-11-7(10)4-2-5(8)6(9)3-4/h4-6,9H,2-3H2,1H3/t4-,5-,6-/m1/s1. The van der Waals surface area contributed by atoms with E-state index in [0.717, 1.165) is 0 Å². The van der Waals surface area contributed by atoms with Gasteiger partial charge >= 0.3 is 5.97 Å². The number of ether oxygens (including phenoxy) is 1. The third kappa shape index (κ3) is 1.93. The molecule has 0 aromatic carbocycles. The van der Waals surface area contributed by atoms with E-state index in [4.69, 9.17) is 0 Å². The summed E-state index contributed by atoms with van der Waals surface area (Å²) in [6.07, 6.45) is 0.787.